The van der Waals surface area contributed by atoms with Gasteiger partial charge in [0.2, 0.25) is 0 Å². The van der Waals surface area contributed by atoms with Gasteiger partial charge in [-0.25, -0.2) is 0 Å². The van der Waals surface area contributed by atoms with Crippen molar-refractivity contribution in [1.29, 1.82) is 0 Å². The van der Waals surface area contributed by atoms with Crippen molar-refractivity contribution in [3.8, 4) is 0 Å². The van der Waals surface area contributed by atoms with E-state index in [9.17, 15) is 0 Å². The molecule has 1 nitrogen and oxygen atoms in total. The Morgan fingerprint density at radius 1 is 0.882 bits per heavy atom. The molecule has 1 aliphatic rings. The molecule has 94 valence electrons. The Morgan fingerprint density at radius 3 is 1.82 bits per heavy atom. The molecule has 1 heterocycles. The van der Waals surface area contributed by atoms with Gasteiger partial charge in [0.05, 0.1) is 0 Å². The first kappa shape index (κ1) is 13.8. The molecule has 0 atom stereocenters. The van der Waals surface area contributed by atoms with E-state index in [-0.39, 0.29) is 11.0 Å². The fourth-order valence-electron chi connectivity index (χ4n) is 1.96. The second kappa shape index (κ2) is 4.95. The molecule has 1 heteroatoms. The van der Waals surface area contributed by atoms with Crippen LogP contribution in [0.2, 0.25) is 0 Å². The predicted molar refractivity (Wildman–Crippen MR) is 77.3 cm³/mol. The van der Waals surface area contributed by atoms with Crippen molar-refractivity contribution in [1.82, 2.24) is 0 Å². The molecule has 0 aliphatic carbocycles. The zero-order valence-corrected chi connectivity index (χ0v) is 12.0. The molecule has 1 aromatic rings. The van der Waals surface area contributed by atoms with Crippen molar-refractivity contribution in [2.24, 2.45) is 5.41 Å². The normalized spacial score (nSPS) is 19.8. The fourth-order valence-corrected chi connectivity index (χ4v) is 1.96. The van der Waals surface area contributed by atoms with Crippen LogP contribution in [0.1, 0.15) is 41.5 Å². The minimum absolute atomic E-state index is 0.133. The molecule has 1 aromatic carbocycles. The number of hydrogen-bond donors (Lipinski definition) is 0. The van der Waals surface area contributed by atoms with Crippen LogP contribution in [-0.2, 0) is 0 Å². The van der Waals surface area contributed by atoms with E-state index in [4.69, 9.17) is 0 Å². The van der Waals surface area contributed by atoms with Gasteiger partial charge in [-0.3, -0.25) is 0 Å². The average molecular weight is 231 g/mol. The zero-order chi connectivity index (χ0) is 13.1. The van der Waals surface area contributed by atoms with Crippen LogP contribution in [0.3, 0.4) is 0 Å². The highest BCUT2D eigenvalue weighted by Gasteiger charge is 2.43. The lowest BCUT2D eigenvalue weighted by atomic mass is 9.76. The Morgan fingerprint density at radius 2 is 1.41 bits per heavy atom. The average Bonchev–Trinajstić information content (AvgIpc) is 2.53. The van der Waals surface area contributed by atoms with Crippen LogP contribution in [0.15, 0.2) is 42.6 Å². The molecule has 0 bridgehead atoms. The Hall–Kier alpha value is -1.24. The van der Waals surface area contributed by atoms with Crippen LogP contribution >= 0.6 is 0 Å². The molecular weight excluding hydrogens is 206 g/mol. The van der Waals surface area contributed by atoms with Crippen LogP contribution in [-0.4, -0.2) is 5.54 Å². The first-order valence-electron chi connectivity index (χ1n) is 6.49. The summed E-state index contributed by atoms with van der Waals surface area (Å²) in [6.07, 6.45) is 4.50. The second-order valence-electron chi connectivity index (χ2n) is 5.30. The van der Waals surface area contributed by atoms with Crippen LogP contribution in [0.5, 0.6) is 0 Å². The number of benzene rings is 1. The van der Waals surface area contributed by atoms with E-state index in [2.05, 4.69) is 75.2 Å². The summed E-state index contributed by atoms with van der Waals surface area (Å²) in [5.41, 5.74) is 1.61. The highest BCUT2D eigenvalue weighted by atomic mass is 15.2. The lowest BCUT2D eigenvalue weighted by Gasteiger charge is -2.42. The van der Waals surface area contributed by atoms with E-state index >= 15 is 0 Å². The quantitative estimate of drug-likeness (QED) is 0.667. The number of rotatable bonds is 1. The summed E-state index contributed by atoms with van der Waals surface area (Å²) in [5.74, 6) is 0. The third-order valence-electron chi connectivity index (χ3n) is 3.85. The van der Waals surface area contributed by atoms with Gasteiger partial charge in [-0.2, -0.15) is 0 Å². The lowest BCUT2D eigenvalue weighted by molar-refractivity contribution is 0.289. The minimum Gasteiger partial charge on any atom is -0.342 e. The summed E-state index contributed by atoms with van der Waals surface area (Å²) >= 11 is 0. The third-order valence-corrected chi connectivity index (χ3v) is 3.85. The van der Waals surface area contributed by atoms with Crippen LogP contribution in [0, 0.1) is 5.41 Å². The van der Waals surface area contributed by atoms with Crippen molar-refractivity contribution >= 4 is 5.69 Å². The molecule has 0 fully saturated rings. The van der Waals surface area contributed by atoms with Gasteiger partial charge in [0.25, 0.3) is 0 Å². The van der Waals surface area contributed by atoms with Crippen LogP contribution in [0.4, 0.5) is 5.69 Å². The SMILES string of the molecule is CC.CC1(C)C=CN(c2ccccc2)C1(C)C. The van der Waals surface area contributed by atoms with Crippen molar-refractivity contribution in [2.75, 3.05) is 4.90 Å². The molecule has 0 aromatic heterocycles. The smallest absolute Gasteiger partial charge is 0.0475 e. The summed E-state index contributed by atoms with van der Waals surface area (Å²) in [6, 6.07) is 10.6. The predicted octanol–water partition coefficient (Wildman–Crippen LogP) is 4.85. The van der Waals surface area contributed by atoms with E-state index < -0.39 is 0 Å². The van der Waals surface area contributed by atoms with Crippen molar-refractivity contribution in [2.45, 2.75) is 47.1 Å². The molecule has 0 saturated carbocycles. The Balaban J connectivity index is 0.000000686. The minimum atomic E-state index is 0.133. The number of nitrogens with zero attached hydrogens (tertiary/aromatic N) is 1. The van der Waals surface area contributed by atoms with E-state index in [1.165, 1.54) is 5.69 Å². The van der Waals surface area contributed by atoms with Crippen LogP contribution < -0.4 is 4.90 Å². The second-order valence-corrected chi connectivity index (χ2v) is 5.30. The molecule has 1 aliphatic heterocycles. The highest BCUT2D eigenvalue weighted by molar-refractivity contribution is 5.55. The fraction of sp³-hybridized carbons (Fsp3) is 0.500. The van der Waals surface area contributed by atoms with Gasteiger partial charge in [0.1, 0.15) is 0 Å². The van der Waals surface area contributed by atoms with Gasteiger partial charge in [0, 0.05) is 22.8 Å². The Labute approximate surface area is 106 Å². The van der Waals surface area contributed by atoms with Crippen molar-refractivity contribution in [3.05, 3.63) is 42.6 Å². The molecule has 0 radical (unpaired) electrons. The number of anilines is 1. The molecule has 2 rings (SSSR count). The largest absolute Gasteiger partial charge is 0.342 e. The first-order valence-corrected chi connectivity index (χ1v) is 6.49. The molecule has 0 N–H and O–H groups in total. The Kier molecular flexibility index (Phi) is 4.03. The summed E-state index contributed by atoms with van der Waals surface area (Å²) in [7, 11) is 0. The molecule has 0 amide bonds. The lowest BCUT2D eigenvalue weighted by Crippen LogP contribution is -2.46. The topological polar surface area (TPSA) is 3.24 Å². The summed E-state index contributed by atoms with van der Waals surface area (Å²) in [6.45, 7) is 13.2. The monoisotopic (exact) mass is 231 g/mol. The maximum absolute atomic E-state index is 2.35. The molecule has 0 saturated heterocycles. The highest BCUT2D eigenvalue weighted by Crippen LogP contribution is 2.44. The van der Waals surface area contributed by atoms with E-state index in [1.54, 1.807) is 0 Å². The molecule has 0 spiro atoms. The summed E-state index contributed by atoms with van der Waals surface area (Å²) in [4.78, 5) is 2.35. The van der Waals surface area contributed by atoms with Gasteiger partial charge in [-0.1, -0.05) is 52.0 Å². The first-order chi connectivity index (χ1) is 7.95. The van der Waals surface area contributed by atoms with E-state index in [1.807, 2.05) is 13.8 Å². The standard InChI is InChI=1S/C14H19N.C2H6/c1-13(2)10-11-15(14(13,3)4)12-8-6-5-7-9-12;1-2/h5-11H,1-4H3;1-2H3. The summed E-state index contributed by atoms with van der Waals surface area (Å²) < 4.78 is 0. The van der Waals surface area contributed by atoms with Crippen molar-refractivity contribution < 1.29 is 0 Å². The van der Waals surface area contributed by atoms with E-state index in [0.29, 0.717) is 0 Å². The maximum Gasteiger partial charge on any atom is 0.0475 e. The number of hydrogen-bond acceptors (Lipinski definition) is 1. The van der Waals surface area contributed by atoms with E-state index in [0.717, 1.165) is 0 Å². The van der Waals surface area contributed by atoms with Crippen molar-refractivity contribution in [3.63, 3.8) is 0 Å². The maximum atomic E-state index is 2.35. The van der Waals surface area contributed by atoms with Gasteiger partial charge in [0.15, 0.2) is 0 Å². The molecule has 17 heavy (non-hydrogen) atoms. The molecular formula is C16H25N. The van der Waals surface area contributed by atoms with Gasteiger partial charge >= 0.3 is 0 Å². The van der Waals surface area contributed by atoms with Gasteiger partial charge in [-0.05, 0) is 26.0 Å². The Bertz CT molecular complexity index is 374. The van der Waals surface area contributed by atoms with Crippen LogP contribution in [0.25, 0.3) is 0 Å². The molecule has 0 unspecified atom stereocenters. The summed E-state index contributed by atoms with van der Waals surface area (Å²) in [5, 5.41) is 0. The zero-order valence-electron chi connectivity index (χ0n) is 12.0. The number of para-hydroxylation sites is 1. The van der Waals surface area contributed by atoms with Gasteiger partial charge in [-0.15, -0.1) is 0 Å². The third kappa shape index (κ3) is 2.38. The van der Waals surface area contributed by atoms with Gasteiger partial charge < -0.3 is 4.90 Å².